The third-order valence-corrected chi connectivity index (χ3v) is 6.16. The lowest BCUT2D eigenvalue weighted by Crippen LogP contribution is -2.32. The molecule has 3 unspecified atom stereocenters. The van der Waals surface area contributed by atoms with Crippen molar-refractivity contribution in [2.75, 3.05) is 6.61 Å². The summed E-state index contributed by atoms with van der Waals surface area (Å²) >= 11 is 4.90. The van der Waals surface area contributed by atoms with E-state index in [0.29, 0.717) is 11.4 Å². The summed E-state index contributed by atoms with van der Waals surface area (Å²) in [6.45, 7) is 5.59. The fraction of sp³-hybridized carbons (Fsp3) is 1.00. The van der Waals surface area contributed by atoms with Crippen molar-refractivity contribution in [3.05, 3.63) is 0 Å². The highest BCUT2D eigenvalue weighted by Gasteiger charge is 2.31. The van der Waals surface area contributed by atoms with Crippen molar-refractivity contribution in [1.29, 1.82) is 0 Å². The standard InChI is InChI=1S/C18H34OS/c1-3-4-11-19-17-10-9-16(18(20)13-17)12-15-7-5-14(2)6-8-15/h14-18,20H,3-13H2,1-2H3. The zero-order valence-electron chi connectivity index (χ0n) is 13.5. The normalized spacial score (nSPS) is 38.9. The van der Waals surface area contributed by atoms with Crippen LogP contribution in [-0.2, 0) is 4.74 Å². The molecule has 0 aromatic rings. The van der Waals surface area contributed by atoms with Gasteiger partial charge >= 0.3 is 0 Å². The highest BCUT2D eigenvalue weighted by molar-refractivity contribution is 7.81. The molecular weight excluding hydrogens is 264 g/mol. The molecule has 2 aliphatic rings. The van der Waals surface area contributed by atoms with Crippen molar-refractivity contribution in [1.82, 2.24) is 0 Å². The topological polar surface area (TPSA) is 9.23 Å². The highest BCUT2D eigenvalue weighted by atomic mass is 32.1. The molecule has 3 atom stereocenters. The van der Waals surface area contributed by atoms with Crippen LogP contribution in [0.5, 0.6) is 0 Å². The molecule has 2 fully saturated rings. The van der Waals surface area contributed by atoms with Gasteiger partial charge in [0, 0.05) is 11.9 Å². The first-order valence-corrected chi connectivity index (χ1v) is 9.50. The molecule has 0 saturated heterocycles. The van der Waals surface area contributed by atoms with Gasteiger partial charge in [0.1, 0.15) is 0 Å². The van der Waals surface area contributed by atoms with E-state index in [0.717, 1.165) is 24.4 Å². The van der Waals surface area contributed by atoms with Gasteiger partial charge in [-0.2, -0.15) is 12.6 Å². The Hall–Kier alpha value is 0.310. The molecule has 2 aliphatic carbocycles. The summed E-state index contributed by atoms with van der Waals surface area (Å²) in [6, 6.07) is 0. The third kappa shape index (κ3) is 5.26. The van der Waals surface area contributed by atoms with Gasteiger partial charge in [-0.1, -0.05) is 46.0 Å². The molecule has 20 heavy (non-hydrogen) atoms. The summed E-state index contributed by atoms with van der Waals surface area (Å²) in [6.07, 6.45) is 14.0. The van der Waals surface area contributed by atoms with Crippen LogP contribution in [0.25, 0.3) is 0 Å². The average molecular weight is 299 g/mol. The fourth-order valence-corrected chi connectivity index (χ4v) is 4.49. The summed E-state index contributed by atoms with van der Waals surface area (Å²) < 4.78 is 6.00. The number of unbranched alkanes of at least 4 members (excludes halogenated alkanes) is 1. The van der Waals surface area contributed by atoms with Crippen LogP contribution in [0.3, 0.4) is 0 Å². The molecule has 0 aliphatic heterocycles. The Morgan fingerprint density at radius 2 is 1.80 bits per heavy atom. The Labute approximate surface area is 131 Å². The molecule has 0 N–H and O–H groups in total. The quantitative estimate of drug-likeness (QED) is 0.504. The Balaban J connectivity index is 1.67. The van der Waals surface area contributed by atoms with Crippen molar-refractivity contribution in [2.24, 2.45) is 17.8 Å². The monoisotopic (exact) mass is 298 g/mol. The van der Waals surface area contributed by atoms with Crippen LogP contribution < -0.4 is 0 Å². The van der Waals surface area contributed by atoms with E-state index >= 15 is 0 Å². The number of ether oxygens (including phenoxy) is 1. The van der Waals surface area contributed by atoms with Crippen LogP contribution in [0.2, 0.25) is 0 Å². The Morgan fingerprint density at radius 1 is 1.05 bits per heavy atom. The van der Waals surface area contributed by atoms with Crippen molar-refractivity contribution in [2.45, 2.75) is 89.4 Å². The molecule has 0 radical (unpaired) electrons. The van der Waals surface area contributed by atoms with Gasteiger partial charge in [0.05, 0.1) is 6.10 Å². The largest absolute Gasteiger partial charge is 0.378 e. The molecule has 0 amide bonds. The molecule has 0 spiro atoms. The second kappa shape index (κ2) is 8.68. The van der Waals surface area contributed by atoms with Crippen molar-refractivity contribution < 1.29 is 4.74 Å². The molecule has 118 valence electrons. The number of hydrogen-bond donors (Lipinski definition) is 1. The Kier molecular flexibility index (Phi) is 7.24. The van der Waals surface area contributed by atoms with Gasteiger partial charge in [-0.15, -0.1) is 0 Å². The molecule has 0 aromatic carbocycles. The third-order valence-electron chi connectivity index (χ3n) is 5.53. The zero-order valence-corrected chi connectivity index (χ0v) is 14.4. The summed E-state index contributed by atoms with van der Waals surface area (Å²) in [5.74, 6) is 2.81. The summed E-state index contributed by atoms with van der Waals surface area (Å²) in [5.41, 5.74) is 0. The lowest BCUT2D eigenvalue weighted by Gasteiger charge is -2.37. The zero-order chi connectivity index (χ0) is 14.4. The van der Waals surface area contributed by atoms with Crippen LogP contribution in [0.1, 0.15) is 78.1 Å². The van der Waals surface area contributed by atoms with Gasteiger partial charge in [-0.3, -0.25) is 0 Å². The van der Waals surface area contributed by atoms with E-state index in [9.17, 15) is 0 Å². The molecule has 2 rings (SSSR count). The molecule has 0 heterocycles. The van der Waals surface area contributed by atoms with Gasteiger partial charge in [0.2, 0.25) is 0 Å². The molecule has 1 nitrogen and oxygen atoms in total. The summed E-state index contributed by atoms with van der Waals surface area (Å²) in [4.78, 5) is 0. The van der Waals surface area contributed by atoms with Crippen molar-refractivity contribution in [3.8, 4) is 0 Å². The predicted molar refractivity (Wildman–Crippen MR) is 90.5 cm³/mol. The first kappa shape index (κ1) is 16.7. The predicted octanol–water partition coefficient (Wildman–Crippen LogP) is 5.49. The highest BCUT2D eigenvalue weighted by Crippen LogP contribution is 2.39. The van der Waals surface area contributed by atoms with Gasteiger partial charge < -0.3 is 4.74 Å². The average Bonchev–Trinajstić information content (AvgIpc) is 2.44. The minimum absolute atomic E-state index is 0.492. The lowest BCUT2D eigenvalue weighted by atomic mass is 9.75. The van der Waals surface area contributed by atoms with E-state index in [1.165, 1.54) is 64.2 Å². The van der Waals surface area contributed by atoms with Crippen LogP contribution in [-0.4, -0.2) is 18.0 Å². The number of hydrogen-bond acceptors (Lipinski definition) is 2. The molecule has 0 bridgehead atoms. The van der Waals surface area contributed by atoms with Gasteiger partial charge in [0.15, 0.2) is 0 Å². The van der Waals surface area contributed by atoms with E-state index in [-0.39, 0.29) is 0 Å². The Morgan fingerprint density at radius 3 is 2.45 bits per heavy atom. The lowest BCUT2D eigenvalue weighted by molar-refractivity contribution is 0.0159. The first-order chi connectivity index (χ1) is 9.69. The first-order valence-electron chi connectivity index (χ1n) is 8.98. The molecule has 2 heteroatoms. The van der Waals surface area contributed by atoms with Gasteiger partial charge in [-0.25, -0.2) is 0 Å². The maximum absolute atomic E-state index is 6.00. The van der Waals surface area contributed by atoms with E-state index in [2.05, 4.69) is 13.8 Å². The summed E-state index contributed by atoms with van der Waals surface area (Å²) in [7, 11) is 0. The maximum atomic E-state index is 6.00. The molecular formula is C18H34OS. The van der Waals surface area contributed by atoms with E-state index in [4.69, 9.17) is 17.4 Å². The minimum Gasteiger partial charge on any atom is -0.378 e. The van der Waals surface area contributed by atoms with Crippen molar-refractivity contribution in [3.63, 3.8) is 0 Å². The van der Waals surface area contributed by atoms with E-state index in [1.54, 1.807) is 0 Å². The number of rotatable bonds is 6. The van der Waals surface area contributed by atoms with E-state index < -0.39 is 0 Å². The van der Waals surface area contributed by atoms with Crippen LogP contribution in [0.15, 0.2) is 0 Å². The van der Waals surface area contributed by atoms with Gasteiger partial charge in [0.25, 0.3) is 0 Å². The Bertz CT molecular complexity index is 260. The van der Waals surface area contributed by atoms with E-state index in [1.807, 2.05) is 0 Å². The van der Waals surface area contributed by atoms with Crippen molar-refractivity contribution >= 4 is 12.6 Å². The number of thiol groups is 1. The van der Waals surface area contributed by atoms with Crippen LogP contribution in [0.4, 0.5) is 0 Å². The fourth-order valence-electron chi connectivity index (χ4n) is 3.99. The second-order valence-electron chi connectivity index (χ2n) is 7.35. The van der Waals surface area contributed by atoms with Crippen LogP contribution in [0, 0.1) is 17.8 Å². The van der Waals surface area contributed by atoms with Gasteiger partial charge in [-0.05, 0) is 49.9 Å². The summed E-state index contributed by atoms with van der Waals surface area (Å²) in [5, 5.41) is 0.578. The minimum atomic E-state index is 0.492. The SMILES string of the molecule is CCCCOC1CCC(CC2CCC(C)CC2)C(S)C1. The smallest absolute Gasteiger partial charge is 0.0585 e. The van der Waals surface area contributed by atoms with Crippen LogP contribution >= 0.6 is 12.6 Å². The maximum Gasteiger partial charge on any atom is 0.0585 e. The molecule has 2 saturated carbocycles. The molecule has 0 aromatic heterocycles. The second-order valence-corrected chi connectivity index (χ2v) is 8.01.